The SMILES string of the molecule is NS(=O)(=O)N1CCN(C(=O)c2ccc(=O)oc2)CC1. The molecule has 1 fully saturated rings. The molecule has 2 N–H and O–H groups in total. The van der Waals surface area contributed by atoms with Gasteiger partial charge in [-0.15, -0.1) is 0 Å². The van der Waals surface area contributed by atoms with Crippen molar-refractivity contribution in [1.82, 2.24) is 9.21 Å². The Labute approximate surface area is 109 Å². The molecule has 0 aliphatic carbocycles. The molecule has 0 atom stereocenters. The van der Waals surface area contributed by atoms with Gasteiger partial charge in [-0.05, 0) is 6.07 Å². The second-order valence-corrected chi connectivity index (χ2v) is 5.63. The molecule has 1 saturated heterocycles. The number of hydrogen-bond donors (Lipinski definition) is 1. The number of amides is 1. The average molecular weight is 287 g/mol. The molecule has 0 radical (unpaired) electrons. The van der Waals surface area contributed by atoms with Gasteiger partial charge in [-0.25, -0.2) is 9.93 Å². The maximum atomic E-state index is 12.0. The van der Waals surface area contributed by atoms with Crippen LogP contribution in [0.3, 0.4) is 0 Å². The topological polar surface area (TPSA) is 114 Å². The molecule has 0 saturated carbocycles. The standard InChI is InChI=1S/C10H13N3O5S/c11-19(16,17)13-5-3-12(4-6-13)10(15)8-1-2-9(14)18-7-8/h1-2,7H,3-6H2,(H2,11,16,17). The summed E-state index contributed by atoms with van der Waals surface area (Å²) in [6.45, 7) is 0.797. The summed E-state index contributed by atoms with van der Waals surface area (Å²) < 4.78 is 28.0. The van der Waals surface area contributed by atoms with E-state index in [1.165, 1.54) is 11.0 Å². The Kier molecular flexibility index (Phi) is 3.69. The molecule has 2 heterocycles. The Morgan fingerprint density at radius 3 is 2.32 bits per heavy atom. The molecule has 19 heavy (non-hydrogen) atoms. The first-order valence-electron chi connectivity index (χ1n) is 5.54. The first-order valence-corrected chi connectivity index (χ1v) is 7.04. The molecule has 0 unspecified atom stereocenters. The van der Waals surface area contributed by atoms with Crippen LogP contribution in [0.15, 0.2) is 27.6 Å². The molecule has 8 nitrogen and oxygen atoms in total. The number of nitrogens with zero attached hydrogens (tertiary/aromatic N) is 2. The molecule has 1 aliphatic rings. The smallest absolute Gasteiger partial charge is 0.335 e. The Hall–Kier alpha value is -1.71. The zero-order valence-corrected chi connectivity index (χ0v) is 10.8. The van der Waals surface area contributed by atoms with Gasteiger partial charge >= 0.3 is 5.63 Å². The van der Waals surface area contributed by atoms with Crippen molar-refractivity contribution in [2.75, 3.05) is 26.2 Å². The van der Waals surface area contributed by atoms with Gasteiger partial charge in [0.25, 0.3) is 16.1 Å². The van der Waals surface area contributed by atoms with Crippen LogP contribution in [-0.2, 0) is 10.2 Å². The van der Waals surface area contributed by atoms with Gasteiger partial charge in [-0.3, -0.25) is 4.79 Å². The molecule has 9 heteroatoms. The zero-order chi connectivity index (χ0) is 14.0. The lowest BCUT2D eigenvalue weighted by Gasteiger charge is -2.32. The predicted octanol–water partition coefficient (Wildman–Crippen LogP) is -1.40. The van der Waals surface area contributed by atoms with Crippen LogP contribution >= 0.6 is 0 Å². The normalized spacial score (nSPS) is 17.4. The highest BCUT2D eigenvalue weighted by Gasteiger charge is 2.27. The van der Waals surface area contributed by atoms with Crippen molar-refractivity contribution < 1.29 is 17.6 Å². The van der Waals surface area contributed by atoms with Crippen LogP contribution in [0.5, 0.6) is 0 Å². The summed E-state index contributed by atoms with van der Waals surface area (Å²) in [7, 11) is -3.71. The number of piperazine rings is 1. The summed E-state index contributed by atoms with van der Waals surface area (Å²) in [6, 6.07) is 2.54. The molecule has 1 aromatic heterocycles. The van der Waals surface area contributed by atoms with Gasteiger partial charge in [0.1, 0.15) is 6.26 Å². The minimum absolute atomic E-state index is 0.154. The van der Waals surface area contributed by atoms with Crippen LogP contribution in [0.2, 0.25) is 0 Å². The molecule has 0 bridgehead atoms. The van der Waals surface area contributed by atoms with Gasteiger partial charge < -0.3 is 9.32 Å². The first-order chi connectivity index (χ1) is 8.88. The van der Waals surface area contributed by atoms with Crippen molar-refractivity contribution in [3.63, 3.8) is 0 Å². The van der Waals surface area contributed by atoms with E-state index in [1.807, 2.05) is 0 Å². The molecule has 0 spiro atoms. The Balaban J connectivity index is 2.04. The lowest BCUT2D eigenvalue weighted by Crippen LogP contribution is -2.52. The number of rotatable bonds is 2. The van der Waals surface area contributed by atoms with Crippen LogP contribution in [0.25, 0.3) is 0 Å². The monoisotopic (exact) mass is 287 g/mol. The molecule has 0 aromatic carbocycles. The van der Waals surface area contributed by atoms with Crippen LogP contribution in [0, 0.1) is 0 Å². The quantitative estimate of drug-likeness (QED) is 0.718. The first kappa shape index (κ1) is 13.7. The van der Waals surface area contributed by atoms with Gasteiger partial charge in [0, 0.05) is 32.2 Å². The van der Waals surface area contributed by atoms with Crippen molar-refractivity contribution in [1.29, 1.82) is 0 Å². The van der Waals surface area contributed by atoms with Crippen LogP contribution < -0.4 is 10.8 Å². The minimum atomic E-state index is -3.71. The minimum Gasteiger partial charge on any atom is -0.430 e. The van der Waals surface area contributed by atoms with Crippen molar-refractivity contribution in [3.05, 3.63) is 34.4 Å². The number of nitrogens with two attached hydrogens (primary N) is 1. The van der Waals surface area contributed by atoms with E-state index in [4.69, 9.17) is 5.14 Å². The molecular weight excluding hydrogens is 274 g/mol. The van der Waals surface area contributed by atoms with Crippen molar-refractivity contribution in [2.24, 2.45) is 5.14 Å². The Morgan fingerprint density at radius 2 is 1.84 bits per heavy atom. The highest BCUT2D eigenvalue weighted by atomic mass is 32.2. The summed E-state index contributed by atoms with van der Waals surface area (Å²) in [6.07, 6.45) is 1.09. The fourth-order valence-corrected chi connectivity index (χ4v) is 2.48. The van der Waals surface area contributed by atoms with Crippen LogP contribution in [-0.4, -0.2) is 49.7 Å². The largest absolute Gasteiger partial charge is 0.430 e. The third-order valence-corrected chi connectivity index (χ3v) is 3.92. The van der Waals surface area contributed by atoms with Crippen LogP contribution in [0.1, 0.15) is 10.4 Å². The van der Waals surface area contributed by atoms with E-state index >= 15 is 0 Å². The van der Waals surface area contributed by atoms with Gasteiger partial charge in [0.05, 0.1) is 5.56 Å². The zero-order valence-electron chi connectivity index (χ0n) is 9.98. The summed E-state index contributed by atoms with van der Waals surface area (Å²) >= 11 is 0. The molecule has 2 rings (SSSR count). The number of carbonyl (C=O) groups is 1. The number of carbonyl (C=O) groups excluding carboxylic acids is 1. The van der Waals surface area contributed by atoms with E-state index in [-0.39, 0.29) is 37.6 Å². The molecule has 1 aromatic rings. The van der Waals surface area contributed by atoms with Gasteiger partial charge in [0.2, 0.25) is 0 Å². The highest BCUT2D eigenvalue weighted by Crippen LogP contribution is 2.09. The second-order valence-electron chi connectivity index (χ2n) is 4.08. The third-order valence-electron chi connectivity index (χ3n) is 2.83. The second kappa shape index (κ2) is 5.11. The van der Waals surface area contributed by atoms with Crippen LogP contribution in [0.4, 0.5) is 0 Å². The average Bonchev–Trinajstić information content (AvgIpc) is 2.38. The van der Waals surface area contributed by atoms with E-state index in [0.29, 0.717) is 0 Å². The molecular formula is C10H13N3O5S. The fourth-order valence-electron chi connectivity index (χ4n) is 1.81. The third kappa shape index (κ3) is 3.19. The van der Waals surface area contributed by atoms with Crippen molar-refractivity contribution in [2.45, 2.75) is 0 Å². The highest BCUT2D eigenvalue weighted by molar-refractivity contribution is 7.86. The van der Waals surface area contributed by atoms with Gasteiger partial charge in [-0.1, -0.05) is 0 Å². The maximum Gasteiger partial charge on any atom is 0.335 e. The summed E-state index contributed by atoms with van der Waals surface area (Å²) in [5.41, 5.74) is -0.278. The number of hydrogen-bond acceptors (Lipinski definition) is 5. The van der Waals surface area contributed by atoms with Crippen molar-refractivity contribution in [3.8, 4) is 0 Å². The van der Waals surface area contributed by atoms with Gasteiger partial charge in [0.15, 0.2) is 0 Å². The maximum absolute atomic E-state index is 12.0. The summed E-state index contributed by atoms with van der Waals surface area (Å²) in [5.74, 6) is -0.308. The predicted molar refractivity (Wildman–Crippen MR) is 65.6 cm³/mol. The van der Waals surface area contributed by atoms with E-state index in [1.54, 1.807) is 0 Å². The van der Waals surface area contributed by atoms with E-state index in [9.17, 15) is 18.0 Å². The molecule has 1 amide bonds. The Bertz CT molecular complexity index is 610. The molecule has 1 aliphatic heterocycles. The molecule has 104 valence electrons. The fraction of sp³-hybridized carbons (Fsp3) is 0.400. The lowest BCUT2D eigenvalue weighted by atomic mass is 10.2. The summed E-state index contributed by atoms with van der Waals surface area (Å²) in [5, 5.41) is 5.00. The van der Waals surface area contributed by atoms with Crippen molar-refractivity contribution >= 4 is 16.1 Å². The van der Waals surface area contributed by atoms with E-state index < -0.39 is 15.8 Å². The lowest BCUT2D eigenvalue weighted by molar-refractivity contribution is 0.0695. The van der Waals surface area contributed by atoms with Gasteiger partial charge in [-0.2, -0.15) is 12.7 Å². The van der Waals surface area contributed by atoms with E-state index in [0.717, 1.165) is 16.6 Å². The Morgan fingerprint density at radius 1 is 1.21 bits per heavy atom. The summed E-state index contributed by atoms with van der Waals surface area (Å²) in [4.78, 5) is 24.3. The van der Waals surface area contributed by atoms with E-state index in [2.05, 4.69) is 4.42 Å².